The molecule has 1 unspecified atom stereocenters. The van der Waals surface area contributed by atoms with Gasteiger partial charge in [-0.15, -0.1) is 0 Å². The van der Waals surface area contributed by atoms with Gasteiger partial charge in [0.2, 0.25) is 15.9 Å². The largest absolute Gasteiger partial charge is 0.383 e. The topological polar surface area (TPSA) is 91.4 Å². The number of hydrogen-bond acceptors (Lipinski definition) is 5. The molecule has 1 aromatic heterocycles. The molecular formula is C26H31ClN4O3S. The van der Waals surface area contributed by atoms with Gasteiger partial charge in [-0.05, 0) is 69.0 Å². The molecule has 4 rings (SSSR count). The Bertz CT molecular complexity index is 1340. The summed E-state index contributed by atoms with van der Waals surface area (Å²) in [5.41, 5.74) is 4.23. The van der Waals surface area contributed by atoms with Crippen LogP contribution in [0.3, 0.4) is 0 Å². The summed E-state index contributed by atoms with van der Waals surface area (Å²) in [4.78, 5) is 17.6. The fourth-order valence-corrected chi connectivity index (χ4v) is 6.98. The van der Waals surface area contributed by atoms with Gasteiger partial charge < -0.3 is 10.6 Å². The van der Waals surface area contributed by atoms with E-state index in [1.165, 1.54) is 4.31 Å². The van der Waals surface area contributed by atoms with Crippen molar-refractivity contribution in [2.45, 2.75) is 38.5 Å². The fraction of sp³-hybridized carbons (Fsp3) is 0.385. The van der Waals surface area contributed by atoms with Crippen LogP contribution in [-0.2, 0) is 14.8 Å². The van der Waals surface area contributed by atoms with Crippen LogP contribution in [0.15, 0.2) is 47.5 Å². The van der Waals surface area contributed by atoms with Crippen LogP contribution in [-0.4, -0.2) is 49.8 Å². The Labute approximate surface area is 211 Å². The number of piperidine rings is 1. The smallest absolute Gasteiger partial charge is 0.243 e. The normalized spacial score (nSPS) is 16.9. The zero-order chi connectivity index (χ0) is 25.2. The second-order valence-electron chi connectivity index (χ2n) is 9.17. The number of rotatable bonds is 7. The summed E-state index contributed by atoms with van der Waals surface area (Å²) in [6.07, 6.45) is 3.05. The Morgan fingerprint density at radius 3 is 2.60 bits per heavy atom. The molecule has 1 saturated heterocycles. The van der Waals surface area contributed by atoms with Crippen molar-refractivity contribution in [2.24, 2.45) is 5.92 Å². The fourth-order valence-electron chi connectivity index (χ4n) is 4.88. The highest BCUT2D eigenvalue weighted by molar-refractivity contribution is 7.89. The molecule has 9 heteroatoms. The van der Waals surface area contributed by atoms with Crippen LogP contribution in [0.1, 0.15) is 29.5 Å². The summed E-state index contributed by atoms with van der Waals surface area (Å²) >= 11 is 6.05. The first-order valence-electron chi connectivity index (χ1n) is 11.8. The number of carbonyl (C=O) groups is 1. The van der Waals surface area contributed by atoms with Crippen molar-refractivity contribution in [2.75, 3.05) is 31.5 Å². The average Bonchev–Trinajstić information content (AvgIpc) is 2.80. The third-order valence-electron chi connectivity index (χ3n) is 6.40. The van der Waals surface area contributed by atoms with E-state index in [2.05, 4.69) is 15.6 Å². The Kier molecular flexibility index (Phi) is 7.64. The highest BCUT2D eigenvalue weighted by Gasteiger charge is 2.34. The number of nitrogens with zero attached hydrogens (tertiary/aromatic N) is 2. The van der Waals surface area contributed by atoms with E-state index in [1.54, 1.807) is 6.20 Å². The summed E-state index contributed by atoms with van der Waals surface area (Å²) in [7, 11) is -3.67. The molecule has 0 spiro atoms. The number of fused-ring (bicyclic) bond motifs is 1. The van der Waals surface area contributed by atoms with Gasteiger partial charge in [0.15, 0.2) is 0 Å². The number of carbonyl (C=O) groups excluding carboxylic acids is 1. The molecule has 7 nitrogen and oxygen atoms in total. The molecule has 0 saturated carbocycles. The standard InChI is InChI=1S/C26H31ClN4O3S/c1-17-13-18(2)25(19(3)14-17)35(33,34)31-12-4-5-20(16-31)26(32)30-11-10-29-23-8-9-28-24-15-21(27)6-7-22(23)24/h6-9,13-15,20H,4-5,10-12,16H2,1-3H3,(H,28,29)(H,30,32). The third-order valence-corrected chi connectivity index (χ3v) is 8.81. The zero-order valence-corrected chi connectivity index (χ0v) is 21.8. The van der Waals surface area contributed by atoms with Crippen LogP contribution in [0.4, 0.5) is 5.69 Å². The molecule has 0 aliphatic carbocycles. The third kappa shape index (κ3) is 5.60. The number of amides is 1. The number of anilines is 1. The molecular weight excluding hydrogens is 484 g/mol. The van der Waals surface area contributed by atoms with Gasteiger partial charge in [-0.1, -0.05) is 29.3 Å². The first-order valence-corrected chi connectivity index (χ1v) is 13.6. The van der Waals surface area contributed by atoms with E-state index in [1.807, 2.05) is 57.2 Å². The molecule has 2 N–H and O–H groups in total. The van der Waals surface area contributed by atoms with Crippen LogP contribution in [0, 0.1) is 26.7 Å². The second-order valence-corrected chi connectivity index (χ2v) is 11.5. The van der Waals surface area contributed by atoms with E-state index < -0.39 is 10.0 Å². The quantitative estimate of drug-likeness (QED) is 0.455. The monoisotopic (exact) mass is 514 g/mol. The van der Waals surface area contributed by atoms with Crippen LogP contribution in [0.25, 0.3) is 10.9 Å². The SMILES string of the molecule is Cc1cc(C)c(S(=O)(=O)N2CCCC(C(=O)NCCNc3ccnc4cc(Cl)ccc34)C2)c(C)c1. The van der Waals surface area contributed by atoms with Crippen molar-refractivity contribution in [3.8, 4) is 0 Å². The van der Waals surface area contributed by atoms with Gasteiger partial charge in [0.05, 0.1) is 16.3 Å². The second kappa shape index (κ2) is 10.5. The molecule has 1 amide bonds. The number of aryl methyl sites for hydroxylation is 3. The molecule has 0 bridgehead atoms. The van der Waals surface area contributed by atoms with Crippen molar-refractivity contribution in [3.05, 3.63) is 64.3 Å². The van der Waals surface area contributed by atoms with Crippen molar-refractivity contribution in [3.63, 3.8) is 0 Å². The Morgan fingerprint density at radius 1 is 1.11 bits per heavy atom. The maximum atomic E-state index is 13.4. The van der Waals surface area contributed by atoms with Gasteiger partial charge in [-0.3, -0.25) is 9.78 Å². The van der Waals surface area contributed by atoms with Crippen LogP contribution >= 0.6 is 11.6 Å². The molecule has 3 aromatic rings. The molecule has 1 aliphatic heterocycles. The van der Waals surface area contributed by atoms with E-state index in [4.69, 9.17) is 11.6 Å². The predicted octanol–water partition coefficient (Wildman–Crippen LogP) is 4.44. The highest BCUT2D eigenvalue weighted by atomic mass is 35.5. The molecule has 35 heavy (non-hydrogen) atoms. The van der Waals surface area contributed by atoms with E-state index in [0.29, 0.717) is 42.4 Å². The average molecular weight is 515 g/mol. The van der Waals surface area contributed by atoms with Gasteiger partial charge in [-0.2, -0.15) is 4.31 Å². The molecule has 186 valence electrons. The zero-order valence-electron chi connectivity index (χ0n) is 20.3. The molecule has 1 aliphatic rings. The molecule has 2 heterocycles. The van der Waals surface area contributed by atoms with Gasteiger partial charge >= 0.3 is 0 Å². The summed E-state index contributed by atoms with van der Waals surface area (Å²) in [6, 6.07) is 11.2. The minimum atomic E-state index is -3.67. The Balaban J connectivity index is 1.35. The highest BCUT2D eigenvalue weighted by Crippen LogP contribution is 2.29. The minimum Gasteiger partial charge on any atom is -0.383 e. The summed E-state index contributed by atoms with van der Waals surface area (Å²) in [5.74, 6) is -0.482. The van der Waals surface area contributed by atoms with E-state index in [0.717, 1.165) is 33.3 Å². The van der Waals surface area contributed by atoms with Gasteiger partial charge in [0.1, 0.15) is 0 Å². The summed E-state index contributed by atoms with van der Waals surface area (Å²) in [6.45, 7) is 7.20. The lowest BCUT2D eigenvalue weighted by molar-refractivity contribution is -0.125. The lowest BCUT2D eigenvalue weighted by Gasteiger charge is -2.32. The van der Waals surface area contributed by atoms with Crippen molar-refractivity contribution >= 4 is 44.1 Å². The number of nitrogens with one attached hydrogen (secondary N) is 2. The predicted molar refractivity (Wildman–Crippen MR) is 140 cm³/mol. The Morgan fingerprint density at radius 2 is 1.86 bits per heavy atom. The van der Waals surface area contributed by atoms with E-state index >= 15 is 0 Å². The molecule has 2 aromatic carbocycles. The minimum absolute atomic E-state index is 0.115. The maximum absolute atomic E-state index is 13.4. The lowest BCUT2D eigenvalue weighted by atomic mass is 9.99. The molecule has 1 fully saturated rings. The Hall–Kier alpha value is -2.68. The first-order chi connectivity index (χ1) is 16.7. The number of hydrogen-bond donors (Lipinski definition) is 2. The van der Waals surface area contributed by atoms with Crippen molar-refractivity contribution < 1.29 is 13.2 Å². The number of pyridine rings is 1. The summed E-state index contributed by atoms with van der Waals surface area (Å²) < 4.78 is 28.3. The van der Waals surface area contributed by atoms with Crippen LogP contribution in [0.5, 0.6) is 0 Å². The molecule has 0 radical (unpaired) electrons. The van der Waals surface area contributed by atoms with Crippen molar-refractivity contribution in [1.29, 1.82) is 0 Å². The number of sulfonamides is 1. The lowest BCUT2D eigenvalue weighted by Crippen LogP contribution is -2.46. The number of halogens is 1. The number of aromatic nitrogens is 1. The van der Waals surface area contributed by atoms with Crippen LogP contribution in [0.2, 0.25) is 5.02 Å². The molecule has 1 atom stereocenters. The maximum Gasteiger partial charge on any atom is 0.243 e. The summed E-state index contributed by atoms with van der Waals surface area (Å²) in [5, 5.41) is 7.88. The van der Waals surface area contributed by atoms with Gasteiger partial charge in [-0.25, -0.2) is 8.42 Å². The van der Waals surface area contributed by atoms with Gasteiger partial charge in [0, 0.05) is 48.5 Å². The van der Waals surface area contributed by atoms with Gasteiger partial charge in [0.25, 0.3) is 0 Å². The van der Waals surface area contributed by atoms with E-state index in [9.17, 15) is 13.2 Å². The van der Waals surface area contributed by atoms with Crippen LogP contribution < -0.4 is 10.6 Å². The number of benzene rings is 2. The van der Waals surface area contributed by atoms with Crippen molar-refractivity contribution in [1.82, 2.24) is 14.6 Å². The van der Waals surface area contributed by atoms with E-state index in [-0.39, 0.29) is 18.4 Å². The first kappa shape index (κ1) is 25.4.